The van der Waals surface area contributed by atoms with Crippen LogP contribution < -0.4 is 0 Å². The number of para-hydroxylation sites is 2. The van der Waals surface area contributed by atoms with Gasteiger partial charge in [0.1, 0.15) is 5.52 Å². The van der Waals surface area contributed by atoms with Crippen molar-refractivity contribution >= 4 is 48.8 Å². The van der Waals surface area contributed by atoms with Gasteiger partial charge in [0.25, 0.3) is 0 Å². The lowest BCUT2D eigenvalue weighted by atomic mass is 10.0. The number of benzene rings is 5. The third kappa shape index (κ3) is 3.37. The first-order valence-electron chi connectivity index (χ1n) is 11.5. The van der Waals surface area contributed by atoms with Gasteiger partial charge in [-0.2, -0.15) is 0 Å². The predicted molar refractivity (Wildman–Crippen MR) is 147 cm³/mol. The summed E-state index contributed by atoms with van der Waals surface area (Å²) in [6.07, 6.45) is 0. The normalized spacial score (nSPS) is 11.6. The molecule has 3 nitrogen and oxygen atoms in total. The van der Waals surface area contributed by atoms with Crippen molar-refractivity contribution in [3.63, 3.8) is 0 Å². The van der Waals surface area contributed by atoms with E-state index < -0.39 is 0 Å². The number of rotatable bonds is 3. The van der Waals surface area contributed by atoms with Crippen LogP contribution in [0.15, 0.2) is 124 Å². The lowest BCUT2D eigenvalue weighted by Gasteiger charge is -2.08. The molecule has 0 spiro atoms. The Morgan fingerprint density at radius 1 is 0.600 bits per heavy atom. The molecule has 2 heterocycles. The quantitative estimate of drug-likeness (QED) is 0.235. The van der Waals surface area contributed by atoms with Crippen LogP contribution in [-0.2, 0) is 0 Å². The van der Waals surface area contributed by atoms with Gasteiger partial charge in [-0.25, -0.2) is 4.98 Å². The van der Waals surface area contributed by atoms with Crippen LogP contribution in [0.1, 0.15) is 0 Å². The van der Waals surface area contributed by atoms with Crippen molar-refractivity contribution in [2.24, 2.45) is 0 Å². The van der Waals surface area contributed by atoms with E-state index in [9.17, 15) is 0 Å². The van der Waals surface area contributed by atoms with Gasteiger partial charge in [-0.05, 0) is 71.8 Å². The highest BCUT2D eigenvalue weighted by atomic mass is 79.9. The molecular weight excluding hydrogens is 496 g/mol. The molecule has 0 unspecified atom stereocenters. The first-order valence-corrected chi connectivity index (χ1v) is 12.3. The van der Waals surface area contributed by atoms with Gasteiger partial charge in [0.2, 0.25) is 5.89 Å². The molecule has 5 aromatic carbocycles. The van der Waals surface area contributed by atoms with Crippen LogP contribution in [-0.4, -0.2) is 9.55 Å². The first kappa shape index (κ1) is 20.2. The van der Waals surface area contributed by atoms with Crippen molar-refractivity contribution < 1.29 is 4.42 Å². The second-order valence-electron chi connectivity index (χ2n) is 8.63. The molecule has 0 amide bonds. The Balaban J connectivity index is 1.32. The van der Waals surface area contributed by atoms with Gasteiger partial charge in [0.15, 0.2) is 5.58 Å². The highest BCUT2D eigenvalue weighted by Gasteiger charge is 2.13. The summed E-state index contributed by atoms with van der Waals surface area (Å²) in [7, 11) is 0. The number of hydrogen-bond donors (Lipinski definition) is 0. The van der Waals surface area contributed by atoms with Gasteiger partial charge in [0.05, 0.1) is 11.0 Å². The van der Waals surface area contributed by atoms with Gasteiger partial charge in [-0.15, -0.1) is 0 Å². The summed E-state index contributed by atoms with van der Waals surface area (Å²) in [6, 6.07) is 40.2. The number of hydrogen-bond acceptors (Lipinski definition) is 2. The molecule has 2 aromatic heterocycles. The molecule has 166 valence electrons. The number of halogens is 1. The Bertz CT molecular complexity index is 1850. The number of aromatic nitrogens is 2. The van der Waals surface area contributed by atoms with Gasteiger partial charge >= 0.3 is 0 Å². The highest BCUT2D eigenvalue weighted by molar-refractivity contribution is 9.10. The zero-order valence-electron chi connectivity index (χ0n) is 18.7. The van der Waals surface area contributed by atoms with Crippen molar-refractivity contribution in [2.45, 2.75) is 0 Å². The molecule has 7 aromatic rings. The van der Waals surface area contributed by atoms with Crippen molar-refractivity contribution in [1.29, 1.82) is 0 Å². The van der Waals surface area contributed by atoms with Crippen LogP contribution in [0.3, 0.4) is 0 Å². The Hall–Kier alpha value is -4.15. The average Bonchev–Trinajstić information content (AvgIpc) is 3.48. The molecule has 0 saturated heterocycles. The Kier molecular flexibility index (Phi) is 4.61. The van der Waals surface area contributed by atoms with Crippen molar-refractivity contribution in [2.75, 3.05) is 0 Å². The zero-order chi connectivity index (χ0) is 23.4. The van der Waals surface area contributed by atoms with Crippen LogP contribution in [0.2, 0.25) is 0 Å². The van der Waals surface area contributed by atoms with E-state index in [1.165, 1.54) is 33.1 Å². The summed E-state index contributed by atoms with van der Waals surface area (Å²) in [5.41, 5.74) is 8.52. The second kappa shape index (κ2) is 7.97. The molecule has 0 atom stereocenters. The fourth-order valence-electron chi connectivity index (χ4n) is 4.83. The Morgan fingerprint density at radius 2 is 1.31 bits per heavy atom. The number of nitrogens with zero attached hydrogens (tertiary/aromatic N) is 2. The largest absolute Gasteiger partial charge is 0.436 e. The van der Waals surface area contributed by atoms with E-state index in [0.29, 0.717) is 5.89 Å². The van der Waals surface area contributed by atoms with E-state index in [2.05, 4.69) is 123 Å². The minimum atomic E-state index is 0.631. The molecule has 35 heavy (non-hydrogen) atoms. The van der Waals surface area contributed by atoms with E-state index in [-0.39, 0.29) is 0 Å². The highest BCUT2D eigenvalue weighted by Crippen LogP contribution is 2.35. The van der Waals surface area contributed by atoms with Crippen molar-refractivity contribution in [3.8, 4) is 28.3 Å². The van der Waals surface area contributed by atoms with Gasteiger partial charge in [-0.3, -0.25) is 0 Å². The van der Waals surface area contributed by atoms with Crippen LogP contribution in [0, 0.1) is 0 Å². The second-order valence-corrected chi connectivity index (χ2v) is 9.54. The summed E-state index contributed by atoms with van der Waals surface area (Å²) >= 11 is 3.49. The maximum absolute atomic E-state index is 5.99. The van der Waals surface area contributed by atoms with Gasteiger partial charge in [0, 0.05) is 26.5 Å². The van der Waals surface area contributed by atoms with Crippen molar-refractivity contribution in [1.82, 2.24) is 9.55 Å². The Labute approximate surface area is 210 Å². The van der Waals surface area contributed by atoms with E-state index in [1.54, 1.807) is 0 Å². The molecule has 0 radical (unpaired) electrons. The lowest BCUT2D eigenvalue weighted by Crippen LogP contribution is -1.92. The number of fused-ring (bicyclic) bond motifs is 4. The molecule has 7 rings (SSSR count). The smallest absolute Gasteiger partial charge is 0.227 e. The molecular formula is C31H19BrN2O. The first-order chi connectivity index (χ1) is 17.2. The standard InChI is InChI=1S/C31H19BrN2O/c32-23-15-16-27-30(19-23)35-31(33-27)21-12-10-20(11-13-21)22-14-17-29-26(18-22)25-8-4-5-9-28(25)34(29)24-6-2-1-3-7-24/h1-19H. The van der Waals surface area contributed by atoms with Gasteiger partial charge < -0.3 is 8.98 Å². The zero-order valence-corrected chi connectivity index (χ0v) is 20.2. The van der Waals surface area contributed by atoms with E-state index in [1.807, 2.05) is 18.2 Å². The third-order valence-corrected chi connectivity index (χ3v) is 7.00. The fraction of sp³-hybridized carbons (Fsp3) is 0. The van der Waals surface area contributed by atoms with Crippen LogP contribution >= 0.6 is 15.9 Å². The SMILES string of the molecule is Brc1ccc2nc(-c3ccc(-c4ccc5c(c4)c4ccccc4n5-c4ccccc4)cc3)oc2c1. The molecule has 0 fully saturated rings. The molecule has 4 heteroatoms. The minimum Gasteiger partial charge on any atom is -0.436 e. The molecule has 0 bridgehead atoms. The molecule has 0 aliphatic heterocycles. The molecule has 0 aliphatic carbocycles. The summed E-state index contributed by atoms with van der Waals surface area (Å²) in [5, 5.41) is 2.50. The van der Waals surface area contributed by atoms with Crippen LogP contribution in [0.4, 0.5) is 0 Å². The minimum absolute atomic E-state index is 0.631. The van der Waals surface area contributed by atoms with Gasteiger partial charge in [-0.1, -0.05) is 70.5 Å². The topological polar surface area (TPSA) is 31.0 Å². The summed E-state index contributed by atoms with van der Waals surface area (Å²) < 4.78 is 9.30. The summed E-state index contributed by atoms with van der Waals surface area (Å²) in [5.74, 6) is 0.631. The summed E-state index contributed by atoms with van der Waals surface area (Å²) in [6.45, 7) is 0. The molecule has 0 aliphatic rings. The Morgan fingerprint density at radius 3 is 2.17 bits per heavy atom. The van der Waals surface area contributed by atoms with Crippen LogP contribution in [0.25, 0.3) is 61.2 Å². The van der Waals surface area contributed by atoms with E-state index >= 15 is 0 Å². The molecule has 0 N–H and O–H groups in total. The van der Waals surface area contributed by atoms with E-state index in [0.717, 1.165) is 26.7 Å². The predicted octanol–water partition coefficient (Wildman–Crippen LogP) is 9.02. The van der Waals surface area contributed by atoms with Crippen molar-refractivity contribution in [3.05, 3.63) is 120 Å². The number of oxazole rings is 1. The maximum Gasteiger partial charge on any atom is 0.227 e. The molecule has 0 saturated carbocycles. The average molecular weight is 515 g/mol. The van der Waals surface area contributed by atoms with E-state index in [4.69, 9.17) is 4.42 Å². The third-order valence-electron chi connectivity index (χ3n) is 6.50. The monoisotopic (exact) mass is 514 g/mol. The maximum atomic E-state index is 5.99. The summed E-state index contributed by atoms with van der Waals surface area (Å²) in [4.78, 5) is 4.64. The fourth-order valence-corrected chi connectivity index (χ4v) is 5.17. The lowest BCUT2D eigenvalue weighted by molar-refractivity contribution is 0.619. The van der Waals surface area contributed by atoms with Crippen LogP contribution in [0.5, 0.6) is 0 Å².